The first-order chi connectivity index (χ1) is 51.8. The van der Waals surface area contributed by atoms with E-state index < -0.39 is 0 Å². The molecule has 0 amide bonds. The minimum atomic E-state index is -0.148. The summed E-state index contributed by atoms with van der Waals surface area (Å²) in [4.78, 5) is 12.3. The van der Waals surface area contributed by atoms with Crippen LogP contribution in [0.15, 0.2) is 343 Å². The van der Waals surface area contributed by atoms with Crippen LogP contribution in [0.1, 0.15) is 103 Å². The third-order valence-electron chi connectivity index (χ3n) is 24.6. The predicted octanol–water partition coefficient (Wildman–Crippen LogP) is 24.1. The number of anilines is 6. The lowest BCUT2D eigenvalue weighted by atomic mass is 9.22. The Morgan fingerprint density at radius 3 is 1.69 bits per heavy atom. The minimum absolute atomic E-state index is 0.0230. The van der Waals surface area contributed by atoms with Crippen molar-refractivity contribution in [2.45, 2.75) is 143 Å². The van der Waals surface area contributed by atoms with Crippen LogP contribution < -0.4 is 35.3 Å². The van der Waals surface area contributed by atoms with Gasteiger partial charge in [0, 0.05) is 85.1 Å². The zero-order valence-corrected chi connectivity index (χ0v) is 62.5. The number of rotatable bonds is 12. The summed E-state index contributed by atoms with van der Waals surface area (Å²) in [7, 11) is 0. The van der Waals surface area contributed by atoms with E-state index in [1.807, 2.05) is 11.8 Å². The predicted molar refractivity (Wildman–Crippen MR) is 450 cm³/mol. The van der Waals surface area contributed by atoms with E-state index >= 15 is 0 Å². The van der Waals surface area contributed by atoms with Crippen molar-refractivity contribution >= 4 is 70.2 Å². The molecule has 6 atom stereocenters. The fourth-order valence-electron chi connectivity index (χ4n) is 19.5. The van der Waals surface area contributed by atoms with E-state index in [4.69, 9.17) is 4.74 Å². The second kappa shape index (κ2) is 26.9. The van der Waals surface area contributed by atoms with E-state index in [0.29, 0.717) is 5.92 Å². The van der Waals surface area contributed by atoms with Crippen LogP contribution in [0.25, 0.3) is 33.4 Å². The molecule has 0 bridgehead atoms. The summed E-state index contributed by atoms with van der Waals surface area (Å²) in [6.45, 7) is 14.2. The van der Waals surface area contributed by atoms with Crippen molar-refractivity contribution in [3.8, 4) is 44.9 Å². The highest BCUT2D eigenvalue weighted by atomic mass is 32.2. The van der Waals surface area contributed by atoms with E-state index in [1.165, 1.54) is 106 Å². The first kappa shape index (κ1) is 66.3. The molecular weight excluding hydrogens is 1300 g/mol. The molecule has 1 saturated carbocycles. The van der Waals surface area contributed by atoms with Crippen molar-refractivity contribution in [3.63, 3.8) is 0 Å². The summed E-state index contributed by atoms with van der Waals surface area (Å²) >= 11 is 2.05. The number of hydrogen-bond acceptors (Lipinski definition) is 6. The highest BCUT2D eigenvalue weighted by Crippen LogP contribution is 2.63. The highest BCUT2D eigenvalue weighted by Gasteiger charge is 2.60. The van der Waals surface area contributed by atoms with Crippen LogP contribution in [0.5, 0.6) is 11.5 Å². The lowest BCUT2D eigenvalue weighted by Crippen LogP contribution is -2.63. The first-order valence-electron chi connectivity index (χ1n) is 38.9. The van der Waals surface area contributed by atoms with Crippen LogP contribution in [0, 0.1) is 0 Å². The van der Waals surface area contributed by atoms with Crippen molar-refractivity contribution in [1.29, 1.82) is 0 Å². The topological polar surface area (TPSA) is 22.2 Å². The van der Waals surface area contributed by atoms with Crippen LogP contribution in [-0.4, -0.2) is 36.8 Å². The summed E-state index contributed by atoms with van der Waals surface area (Å²) in [5.41, 5.74) is 26.6. The molecule has 4 aliphatic carbocycles. The van der Waals surface area contributed by atoms with Gasteiger partial charge in [-0.2, -0.15) is 0 Å². The van der Waals surface area contributed by atoms with Gasteiger partial charge in [-0.3, -0.25) is 0 Å². The average molecular weight is 1390 g/mol. The fraction of sp³-hybridized carbons (Fsp3) is 0.224. The smallest absolute Gasteiger partial charge is 0.228 e. The van der Waals surface area contributed by atoms with E-state index in [9.17, 15) is 0 Å². The summed E-state index contributed by atoms with van der Waals surface area (Å²) in [6, 6.07) is 106. The number of nitrogens with zero attached hydrogens (tertiary/aromatic N) is 4. The number of hydrogen-bond donors (Lipinski definition) is 0. The molecule has 11 aromatic carbocycles. The SMILES string of the molecule is CC(C)(C)c1ccc(-c2cccc(-c3ccc(C(C)(C)C)cc3)c2N2C3=CC4Sc5cc(N(c6ccccc6)c6ccccc6)cc6c5B(c5ccccc5O6)C4C=C3B3C4C=CCCC4N(c4ccccc4)C4=CC(N(c5ccc(-c6ccccc6)cc5)C5CCC(c6ccccc6)CC5)=CC2C34)cc1. The van der Waals surface area contributed by atoms with Crippen molar-refractivity contribution in [2.75, 3.05) is 19.6 Å². The third kappa shape index (κ3) is 11.7. The normalized spacial score (nSPS) is 21.8. The summed E-state index contributed by atoms with van der Waals surface area (Å²) in [6.07, 6.45) is 22.9. The van der Waals surface area contributed by atoms with Crippen LogP contribution in [-0.2, 0) is 10.8 Å². The van der Waals surface area contributed by atoms with Crippen LogP contribution in [0.3, 0.4) is 0 Å². The lowest BCUT2D eigenvalue weighted by Gasteiger charge is -2.61. The molecule has 5 nitrogen and oxygen atoms in total. The summed E-state index contributed by atoms with van der Waals surface area (Å²) in [5, 5.41) is 0.0442. The van der Waals surface area contributed by atoms with Gasteiger partial charge in [0.05, 0.1) is 17.4 Å². The van der Waals surface area contributed by atoms with Gasteiger partial charge in [0.2, 0.25) is 6.71 Å². The molecule has 11 aromatic rings. The molecule has 19 rings (SSSR count). The molecule has 106 heavy (non-hydrogen) atoms. The molecule has 520 valence electrons. The average Bonchev–Trinajstić information content (AvgIpc) is 0.687. The Bertz CT molecular complexity index is 5150. The number of allylic oxidation sites excluding steroid dienone is 4. The molecule has 4 aliphatic heterocycles. The molecule has 8 heteroatoms. The van der Waals surface area contributed by atoms with E-state index in [-0.39, 0.29) is 65.1 Å². The molecule has 3 fully saturated rings. The standard InChI is InChI=1S/C98H90B2N4OS/c1-97(2,3)71-51-43-69(44-52-71)80-37-26-38-81(70-45-53-72(54-46-70)98(4,5)6)96(80)104-87-64-92-85(100-83-40-23-25-42-90(83)105-91-61-79(62-93(106-92)95(91)100)101(73-31-16-9-17-32-73)74-33-18-10-19-34-74)63-84(87)99-82-39-22-24-41-86(82)103(75-35-20-11-21-36-75)88-59-78(60-89(104)94(88)99)102(76-55-47-67(48-56-76)65-27-12-7-13-28-65)77-57-49-68(50-58-77)66-29-14-8-15-30-66/h7-23,25-40,42-48,51-56,59-64,68,77,82,85-86,89,92,94H,24,41,49-50,57-58H2,1-6H3. The monoisotopic (exact) mass is 1390 g/mol. The Kier molecular flexibility index (Phi) is 16.8. The maximum Gasteiger partial charge on any atom is 0.228 e. The largest absolute Gasteiger partial charge is 0.458 e. The molecule has 2 saturated heterocycles. The molecule has 6 unspecified atom stereocenters. The van der Waals surface area contributed by atoms with Crippen molar-refractivity contribution in [2.24, 2.45) is 0 Å². The number of thioether (sulfide) groups is 1. The highest BCUT2D eigenvalue weighted by molar-refractivity contribution is 8.00. The Morgan fingerprint density at radius 2 is 1.06 bits per heavy atom. The van der Waals surface area contributed by atoms with Gasteiger partial charge in [0.1, 0.15) is 11.5 Å². The number of ether oxygens (including phenoxy) is 1. The molecular formula is C98H90B2N4OS. The Hall–Kier alpha value is -10.4. The van der Waals surface area contributed by atoms with Gasteiger partial charge in [-0.25, -0.2) is 0 Å². The summed E-state index contributed by atoms with van der Waals surface area (Å²) in [5.74, 6) is 2.76. The minimum Gasteiger partial charge on any atom is -0.458 e. The van der Waals surface area contributed by atoms with Gasteiger partial charge < -0.3 is 24.3 Å². The Labute approximate surface area is 632 Å². The Morgan fingerprint density at radius 1 is 0.481 bits per heavy atom. The second-order valence-corrected chi connectivity index (χ2v) is 34.0. The van der Waals surface area contributed by atoms with Crippen molar-refractivity contribution in [1.82, 2.24) is 0 Å². The molecule has 0 aromatic heterocycles. The van der Waals surface area contributed by atoms with Crippen LogP contribution in [0.2, 0.25) is 17.5 Å². The fourth-order valence-corrected chi connectivity index (χ4v) is 21.0. The van der Waals surface area contributed by atoms with Crippen LogP contribution in [0.4, 0.5) is 34.1 Å². The second-order valence-electron chi connectivity index (χ2n) is 32.8. The van der Waals surface area contributed by atoms with Gasteiger partial charge in [0.25, 0.3) is 0 Å². The number of benzene rings is 11. The maximum absolute atomic E-state index is 7.31. The lowest BCUT2D eigenvalue weighted by molar-refractivity contribution is 0.387. The van der Waals surface area contributed by atoms with Gasteiger partial charge >= 0.3 is 0 Å². The maximum atomic E-state index is 7.31. The van der Waals surface area contributed by atoms with Crippen molar-refractivity contribution < 1.29 is 4.74 Å². The third-order valence-corrected chi connectivity index (χ3v) is 25.9. The molecule has 0 spiro atoms. The van der Waals surface area contributed by atoms with Gasteiger partial charge in [-0.05, 0) is 196 Å². The molecule has 0 radical (unpaired) electrons. The first-order valence-corrected chi connectivity index (χ1v) is 39.8. The van der Waals surface area contributed by atoms with E-state index in [1.54, 1.807) is 0 Å². The zero-order valence-electron chi connectivity index (χ0n) is 61.6. The quantitative estimate of drug-likeness (QED) is 0.0892. The van der Waals surface area contributed by atoms with Crippen molar-refractivity contribution in [3.05, 3.63) is 355 Å². The number of para-hydroxylation sites is 5. The Balaban J connectivity index is 0.880. The zero-order chi connectivity index (χ0) is 71.4. The van der Waals surface area contributed by atoms with Gasteiger partial charge in [-0.1, -0.05) is 278 Å². The molecule has 8 aliphatic rings. The van der Waals surface area contributed by atoms with Gasteiger partial charge in [-0.15, -0.1) is 11.8 Å². The molecule has 0 N–H and O–H groups in total. The number of fused-ring (bicyclic) bond motifs is 8. The van der Waals surface area contributed by atoms with E-state index in [2.05, 4.69) is 377 Å². The molecule has 4 heterocycles. The summed E-state index contributed by atoms with van der Waals surface area (Å²) < 4.78 is 7.31. The van der Waals surface area contributed by atoms with E-state index in [0.717, 1.165) is 67.1 Å². The van der Waals surface area contributed by atoms with Crippen LogP contribution >= 0.6 is 11.8 Å². The van der Waals surface area contributed by atoms with Gasteiger partial charge in [0.15, 0.2) is 6.71 Å².